The summed E-state index contributed by atoms with van der Waals surface area (Å²) in [5, 5.41) is 10.4. The number of rotatable bonds is 4. The normalized spacial score (nSPS) is 10.7. The number of nitrogens with zero attached hydrogens (tertiary/aromatic N) is 2. The fraction of sp³-hybridized carbons (Fsp3) is 0. The Hall–Kier alpha value is -3.32. The van der Waals surface area contributed by atoms with Crippen LogP contribution < -0.4 is 5.32 Å². The molecule has 4 aromatic rings. The van der Waals surface area contributed by atoms with Crippen molar-refractivity contribution < 1.29 is 13.6 Å². The minimum absolute atomic E-state index is 0.217. The van der Waals surface area contributed by atoms with Crippen LogP contribution in [0, 0.1) is 5.82 Å². The molecule has 7 heteroatoms. The summed E-state index contributed by atoms with van der Waals surface area (Å²) >= 11 is 1.35. The first-order valence-electron chi connectivity index (χ1n) is 7.73. The maximum Gasteiger partial charge on any atom is 0.265 e. The molecule has 0 saturated carbocycles. The number of carbonyl (C=O) groups is 1. The predicted molar refractivity (Wildman–Crippen MR) is 97.4 cm³/mol. The summed E-state index contributed by atoms with van der Waals surface area (Å²) in [4.78, 5) is 14.0. The quantitative estimate of drug-likeness (QED) is 0.561. The minimum atomic E-state index is -0.288. The Morgan fingerprint density at radius 3 is 2.65 bits per heavy atom. The number of amides is 1. The molecule has 0 aliphatic rings. The number of halogens is 1. The van der Waals surface area contributed by atoms with E-state index in [0.29, 0.717) is 16.5 Å². The second-order valence-corrected chi connectivity index (χ2v) is 6.53. The van der Waals surface area contributed by atoms with Gasteiger partial charge in [0.15, 0.2) is 0 Å². The van der Waals surface area contributed by atoms with E-state index >= 15 is 0 Å². The number of thiophene rings is 1. The van der Waals surface area contributed by atoms with Crippen molar-refractivity contribution in [1.29, 1.82) is 0 Å². The smallest absolute Gasteiger partial charge is 0.265 e. The molecule has 0 radical (unpaired) electrons. The van der Waals surface area contributed by atoms with Crippen LogP contribution in [-0.4, -0.2) is 16.1 Å². The summed E-state index contributed by atoms with van der Waals surface area (Å²) in [5.74, 6) is -0.119. The van der Waals surface area contributed by atoms with Crippen molar-refractivity contribution in [2.24, 2.45) is 0 Å². The molecular weight excluding hydrogens is 353 g/mol. The maximum atomic E-state index is 13.0. The molecule has 1 amide bonds. The van der Waals surface area contributed by atoms with Crippen LogP contribution in [0.2, 0.25) is 0 Å². The Labute approximate surface area is 152 Å². The fourth-order valence-corrected chi connectivity index (χ4v) is 3.36. The molecule has 0 aliphatic carbocycles. The van der Waals surface area contributed by atoms with Crippen molar-refractivity contribution in [2.45, 2.75) is 0 Å². The van der Waals surface area contributed by atoms with Crippen LogP contribution in [0.1, 0.15) is 9.67 Å². The van der Waals surface area contributed by atoms with Gasteiger partial charge >= 0.3 is 0 Å². The number of hydrogen-bond donors (Lipinski definition) is 1. The van der Waals surface area contributed by atoms with E-state index in [-0.39, 0.29) is 11.7 Å². The van der Waals surface area contributed by atoms with Crippen molar-refractivity contribution in [2.75, 3.05) is 5.32 Å². The molecule has 0 aliphatic heterocycles. The highest BCUT2D eigenvalue weighted by molar-refractivity contribution is 7.17. The van der Waals surface area contributed by atoms with Gasteiger partial charge in [0.05, 0.1) is 4.88 Å². The standard InChI is InChI=1S/C19H12FN3O2S/c20-14-6-4-12(5-7-14)16-8-9-17(26-16)18(24)22-15-3-1-2-13(10-15)19-23-21-11-25-19/h1-11H,(H,22,24). The molecule has 0 spiro atoms. The summed E-state index contributed by atoms with van der Waals surface area (Å²) in [5.41, 5.74) is 2.22. The number of carbonyl (C=O) groups excluding carboxylic acids is 1. The topological polar surface area (TPSA) is 68.0 Å². The van der Waals surface area contributed by atoms with E-state index in [1.807, 2.05) is 12.1 Å². The van der Waals surface area contributed by atoms with Crippen LogP contribution in [0.4, 0.5) is 10.1 Å². The second-order valence-electron chi connectivity index (χ2n) is 5.45. The Kier molecular flexibility index (Phi) is 4.28. The lowest BCUT2D eigenvalue weighted by Gasteiger charge is -2.04. The van der Waals surface area contributed by atoms with Gasteiger partial charge in [0.1, 0.15) is 5.82 Å². The molecule has 26 heavy (non-hydrogen) atoms. The molecule has 2 aromatic heterocycles. The van der Waals surface area contributed by atoms with Gasteiger partial charge in [-0.05, 0) is 48.0 Å². The van der Waals surface area contributed by atoms with Crippen molar-refractivity contribution >= 4 is 22.9 Å². The van der Waals surface area contributed by atoms with E-state index in [2.05, 4.69) is 15.5 Å². The lowest BCUT2D eigenvalue weighted by Crippen LogP contribution is -2.09. The molecule has 4 rings (SSSR count). The van der Waals surface area contributed by atoms with Gasteiger partial charge in [-0.15, -0.1) is 21.5 Å². The largest absolute Gasteiger partial charge is 0.423 e. The number of anilines is 1. The highest BCUT2D eigenvalue weighted by atomic mass is 32.1. The third-order valence-electron chi connectivity index (χ3n) is 3.69. The monoisotopic (exact) mass is 365 g/mol. The van der Waals surface area contributed by atoms with Crippen LogP contribution in [0.15, 0.2) is 71.5 Å². The zero-order valence-electron chi connectivity index (χ0n) is 13.3. The van der Waals surface area contributed by atoms with Crippen molar-refractivity contribution in [3.63, 3.8) is 0 Å². The molecule has 0 fully saturated rings. The van der Waals surface area contributed by atoms with Crippen molar-refractivity contribution in [1.82, 2.24) is 10.2 Å². The van der Waals surface area contributed by atoms with E-state index in [4.69, 9.17) is 4.42 Å². The second kappa shape index (κ2) is 6.89. The Bertz CT molecular complexity index is 1040. The van der Waals surface area contributed by atoms with Crippen LogP contribution in [-0.2, 0) is 0 Å². The molecule has 0 atom stereocenters. The minimum Gasteiger partial charge on any atom is -0.423 e. The van der Waals surface area contributed by atoms with Gasteiger partial charge in [-0.25, -0.2) is 4.39 Å². The lowest BCUT2D eigenvalue weighted by atomic mass is 10.2. The van der Waals surface area contributed by atoms with Crippen molar-refractivity contribution in [3.8, 4) is 21.9 Å². The van der Waals surface area contributed by atoms with Crippen molar-refractivity contribution in [3.05, 3.63) is 77.8 Å². The Balaban J connectivity index is 1.52. The first-order valence-corrected chi connectivity index (χ1v) is 8.54. The molecule has 1 N–H and O–H groups in total. The number of aromatic nitrogens is 2. The average Bonchev–Trinajstić information content (AvgIpc) is 3.35. The highest BCUT2D eigenvalue weighted by Gasteiger charge is 2.12. The lowest BCUT2D eigenvalue weighted by molar-refractivity contribution is 0.103. The van der Waals surface area contributed by atoms with Gasteiger partial charge in [0.2, 0.25) is 12.3 Å². The van der Waals surface area contributed by atoms with Crippen LogP contribution >= 0.6 is 11.3 Å². The predicted octanol–water partition coefficient (Wildman–Crippen LogP) is 4.86. The molecule has 2 heterocycles. The van der Waals surface area contributed by atoms with Crippen LogP contribution in [0.5, 0.6) is 0 Å². The van der Waals surface area contributed by atoms with Crippen LogP contribution in [0.25, 0.3) is 21.9 Å². The summed E-state index contributed by atoms with van der Waals surface area (Å²) in [6, 6.07) is 17.0. The Morgan fingerprint density at radius 1 is 1.04 bits per heavy atom. The molecule has 0 unspecified atom stereocenters. The van der Waals surface area contributed by atoms with E-state index in [0.717, 1.165) is 16.0 Å². The van der Waals surface area contributed by atoms with Gasteiger partial charge in [-0.1, -0.05) is 18.2 Å². The summed E-state index contributed by atoms with van der Waals surface area (Å²) in [6.07, 6.45) is 1.25. The number of hydrogen-bond acceptors (Lipinski definition) is 5. The first kappa shape index (κ1) is 16.2. The van der Waals surface area contributed by atoms with E-state index in [1.54, 1.807) is 36.4 Å². The summed E-state index contributed by atoms with van der Waals surface area (Å²) in [6.45, 7) is 0. The van der Waals surface area contributed by atoms with Gasteiger partial charge in [-0.3, -0.25) is 4.79 Å². The Morgan fingerprint density at radius 2 is 1.88 bits per heavy atom. The van der Waals surface area contributed by atoms with E-state index in [9.17, 15) is 9.18 Å². The molecular formula is C19H12FN3O2S. The first-order chi connectivity index (χ1) is 12.7. The van der Waals surface area contributed by atoms with E-state index in [1.165, 1.54) is 29.9 Å². The zero-order valence-corrected chi connectivity index (χ0v) is 14.2. The SMILES string of the molecule is O=C(Nc1cccc(-c2nnco2)c1)c1ccc(-c2ccc(F)cc2)s1. The van der Waals surface area contributed by atoms with Gasteiger partial charge < -0.3 is 9.73 Å². The molecule has 5 nitrogen and oxygen atoms in total. The summed E-state index contributed by atoms with van der Waals surface area (Å²) < 4.78 is 18.2. The average molecular weight is 365 g/mol. The third kappa shape index (κ3) is 3.38. The molecule has 2 aromatic carbocycles. The fourth-order valence-electron chi connectivity index (χ4n) is 2.45. The summed E-state index contributed by atoms with van der Waals surface area (Å²) in [7, 11) is 0. The van der Waals surface area contributed by atoms with Gasteiger partial charge in [0.25, 0.3) is 5.91 Å². The zero-order chi connectivity index (χ0) is 17.9. The van der Waals surface area contributed by atoms with Gasteiger partial charge in [-0.2, -0.15) is 0 Å². The molecule has 0 bridgehead atoms. The number of nitrogens with one attached hydrogen (secondary N) is 1. The molecule has 128 valence electrons. The maximum absolute atomic E-state index is 13.0. The third-order valence-corrected chi connectivity index (χ3v) is 4.82. The van der Waals surface area contributed by atoms with E-state index < -0.39 is 0 Å². The highest BCUT2D eigenvalue weighted by Crippen LogP contribution is 2.29. The van der Waals surface area contributed by atoms with Crippen LogP contribution in [0.3, 0.4) is 0 Å². The molecule has 0 saturated heterocycles. The van der Waals surface area contributed by atoms with Gasteiger partial charge in [0, 0.05) is 16.1 Å². The number of benzene rings is 2.